The van der Waals surface area contributed by atoms with Gasteiger partial charge in [0.2, 0.25) is 0 Å². The molecule has 0 aliphatic carbocycles. The van der Waals surface area contributed by atoms with Gasteiger partial charge in [-0.2, -0.15) is 0 Å². The Hall–Kier alpha value is -2.93. The molecule has 2 aliphatic heterocycles. The van der Waals surface area contributed by atoms with E-state index in [-0.39, 0.29) is 5.56 Å². The summed E-state index contributed by atoms with van der Waals surface area (Å²) in [6.07, 6.45) is 4.90. The molecule has 1 atom stereocenters. The molecule has 2 aliphatic rings. The van der Waals surface area contributed by atoms with Crippen LogP contribution in [0.25, 0.3) is 27.8 Å². The first-order valence-electron chi connectivity index (χ1n) is 11.4. The van der Waals surface area contributed by atoms with E-state index in [1.807, 2.05) is 24.3 Å². The monoisotopic (exact) mass is 460 g/mol. The van der Waals surface area contributed by atoms with Crippen molar-refractivity contribution in [3.63, 3.8) is 0 Å². The number of nitrogens with zero attached hydrogens (tertiary/aromatic N) is 3. The van der Waals surface area contributed by atoms with Crippen LogP contribution < -0.4 is 5.56 Å². The molecule has 1 N–H and O–H groups in total. The zero-order valence-electron chi connectivity index (χ0n) is 18.2. The van der Waals surface area contributed by atoms with Gasteiger partial charge in [-0.15, -0.1) is 0 Å². The van der Waals surface area contributed by atoms with Gasteiger partial charge < -0.3 is 14.6 Å². The Morgan fingerprint density at radius 2 is 1.97 bits per heavy atom. The Morgan fingerprint density at radius 1 is 1.12 bits per heavy atom. The molecule has 168 valence electrons. The van der Waals surface area contributed by atoms with Crippen molar-refractivity contribution in [1.29, 1.82) is 0 Å². The summed E-state index contributed by atoms with van der Waals surface area (Å²) < 4.78 is 7.08. The molecule has 2 fully saturated rings. The number of rotatable bonds is 5. The topological polar surface area (TPSA) is 63.1 Å². The lowest BCUT2D eigenvalue weighted by molar-refractivity contribution is 0.113. The van der Waals surface area contributed by atoms with E-state index in [4.69, 9.17) is 16.3 Å². The fraction of sp³-hybridized carbons (Fsp3) is 0.308. The molecular formula is C26H25ClN4O2. The first-order valence-corrected chi connectivity index (χ1v) is 11.8. The predicted molar refractivity (Wildman–Crippen MR) is 130 cm³/mol. The standard InChI is InChI=1S/C26H25ClN4O2/c27-20-3-1-18(2-4-20)24-10-26(32)31(16-29-24)21-5-6-22-23(11-28-25(22)9-21)19-13-30(14-19)12-17-7-8-33-15-17/h1-6,9-11,16-17,19,28H,7-8,12-15H2. The van der Waals surface area contributed by atoms with Crippen LogP contribution in [0.5, 0.6) is 0 Å². The SMILES string of the molecule is O=c1cc(-c2ccc(Cl)cc2)ncn1-c1ccc2c(C3CN(CC4CCOC4)C3)c[nH]c2c1. The van der Waals surface area contributed by atoms with Crippen molar-refractivity contribution in [3.8, 4) is 16.9 Å². The van der Waals surface area contributed by atoms with Crippen molar-refractivity contribution >= 4 is 22.5 Å². The molecule has 1 unspecified atom stereocenters. The lowest BCUT2D eigenvalue weighted by Crippen LogP contribution is -2.47. The van der Waals surface area contributed by atoms with E-state index < -0.39 is 0 Å². The molecule has 0 bridgehead atoms. The highest BCUT2D eigenvalue weighted by Gasteiger charge is 2.32. The number of ether oxygens (including phenoxy) is 1. The van der Waals surface area contributed by atoms with E-state index in [1.165, 1.54) is 17.4 Å². The minimum atomic E-state index is -0.119. The van der Waals surface area contributed by atoms with Gasteiger partial charge >= 0.3 is 0 Å². The van der Waals surface area contributed by atoms with Crippen LogP contribution in [0.2, 0.25) is 5.02 Å². The maximum atomic E-state index is 12.8. The molecule has 4 aromatic rings. The Morgan fingerprint density at radius 3 is 2.73 bits per heavy atom. The lowest BCUT2D eigenvalue weighted by Gasteiger charge is -2.40. The smallest absolute Gasteiger partial charge is 0.258 e. The second-order valence-electron chi connectivity index (χ2n) is 9.11. The second kappa shape index (κ2) is 8.45. The summed E-state index contributed by atoms with van der Waals surface area (Å²) in [7, 11) is 0. The van der Waals surface area contributed by atoms with Crippen LogP contribution in [0.4, 0.5) is 0 Å². The molecule has 33 heavy (non-hydrogen) atoms. The molecular weight excluding hydrogens is 436 g/mol. The first-order chi connectivity index (χ1) is 16.1. The van der Waals surface area contributed by atoms with Crippen molar-refractivity contribution in [2.24, 2.45) is 5.92 Å². The second-order valence-corrected chi connectivity index (χ2v) is 9.54. The molecule has 7 heteroatoms. The van der Waals surface area contributed by atoms with Gasteiger partial charge in [0.1, 0.15) is 6.33 Å². The Kier molecular flexibility index (Phi) is 5.29. The molecule has 0 amide bonds. The third-order valence-corrected chi connectivity index (χ3v) is 7.11. The number of halogens is 1. The van der Waals surface area contributed by atoms with E-state index in [0.717, 1.165) is 49.6 Å². The van der Waals surface area contributed by atoms with E-state index in [2.05, 4.69) is 27.1 Å². The third kappa shape index (κ3) is 3.99. The van der Waals surface area contributed by atoms with E-state index in [1.54, 1.807) is 29.1 Å². The zero-order chi connectivity index (χ0) is 22.4. The number of aromatic amines is 1. The highest BCUT2D eigenvalue weighted by Crippen LogP contribution is 2.34. The number of hydrogen-bond acceptors (Lipinski definition) is 4. The van der Waals surface area contributed by atoms with Gasteiger partial charge in [-0.25, -0.2) is 4.98 Å². The van der Waals surface area contributed by atoms with Gasteiger partial charge in [-0.05, 0) is 42.2 Å². The number of benzene rings is 2. The molecule has 2 aromatic heterocycles. The fourth-order valence-corrected chi connectivity index (χ4v) is 5.13. The van der Waals surface area contributed by atoms with Crippen molar-refractivity contribution in [2.75, 3.05) is 32.8 Å². The molecule has 6 rings (SSSR count). The molecule has 4 heterocycles. The summed E-state index contributed by atoms with van der Waals surface area (Å²) in [6.45, 7) is 5.16. The van der Waals surface area contributed by atoms with Gasteiger partial charge in [0, 0.05) is 65.9 Å². The minimum absolute atomic E-state index is 0.119. The zero-order valence-corrected chi connectivity index (χ0v) is 19.0. The summed E-state index contributed by atoms with van der Waals surface area (Å²) in [4.78, 5) is 23.3. The van der Waals surface area contributed by atoms with Crippen LogP contribution in [0, 0.1) is 5.92 Å². The predicted octanol–water partition coefficient (Wildman–Crippen LogP) is 4.47. The molecule has 2 aromatic carbocycles. The largest absolute Gasteiger partial charge is 0.381 e. The van der Waals surface area contributed by atoms with Crippen molar-refractivity contribution < 1.29 is 4.74 Å². The number of fused-ring (bicyclic) bond motifs is 1. The summed E-state index contributed by atoms with van der Waals surface area (Å²) >= 11 is 5.96. The molecule has 6 nitrogen and oxygen atoms in total. The van der Waals surface area contributed by atoms with Crippen molar-refractivity contribution in [2.45, 2.75) is 12.3 Å². The lowest BCUT2D eigenvalue weighted by atomic mass is 9.90. The molecule has 0 saturated carbocycles. The maximum Gasteiger partial charge on any atom is 0.258 e. The minimum Gasteiger partial charge on any atom is -0.381 e. The van der Waals surface area contributed by atoms with Gasteiger partial charge in [-0.3, -0.25) is 9.36 Å². The molecule has 0 spiro atoms. The average molecular weight is 461 g/mol. The van der Waals surface area contributed by atoms with E-state index in [0.29, 0.717) is 22.6 Å². The summed E-state index contributed by atoms with van der Waals surface area (Å²) in [5.41, 5.74) is 4.58. The quantitative estimate of drug-likeness (QED) is 0.477. The van der Waals surface area contributed by atoms with Crippen LogP contribution in [0.1, 0.15) is 17.9 Å². The van der Waals surface area contributed by atoms with Gasteiger partial charge in [0.15, 0.2) is 0 Å². The van der Waals surface area contributed by atoms with E-state index >= 15 is 0 Å². The number of H-pyrrole nitrogens is 1. The normalized spacial score (nSPS) is 19.2. The Balaban J connectivity index is 1.21. The molecule has 0 radical (unpaired) electrons. The maximum absolute atomic E-state index is 12.8. The number of aromatic nitrogens is 3. The first kappa shape index (κ1) is 20.7. The summed E-state index contributed by atoms with van der Waals surface area (Å²) in [5, 5.41) is 1.88. The van der Waals surface area contributed by atoms with Crippen LogP contribution >= 0.6 is 11.6 Å². The highest BCUT2D eigenvalue weighted by molar-refractivity contribution is 6.30. The number of likely N-dealkylation sites (tertiary alicyclic amines) is 1. The Labute approximate surface area is 196 Å². The van der Waals surface area contributed by atoms with Gasteiger partial charge in [0.05, 0.1) is 18.0 Å². The third-order valence-electron chi connectivity index (χ3n) is 6.86. The summed E-state index contributed by atoms with van der Waals surface area (Å²) in [5.74, 6) is 1.24. The van der Waals surface area contributed by atoms with Crippen LogP contribution in [-0.2, 0) is 4.74 Å². The fourth-order valence-electron chi connectivity index (χ4n) is 5.01. The number of hydrogen-bond donors (Lipinski definition) is 1. The summed E-state index contributed by atoms with van der Waals surface area (Å²) in [6, 6.07) is 15.0. The average Bonchev–Trinajstić information content (AvgIpc) is 3.46. The number of nitrogens with one attached hydrogen (secondary N) is 1. The molecule has 2 saturated heterocycles. The highest BCUT2D eigenvalue weighted by atomic mass is 35.5. The van der Waals surface area contributed by atoms with Crippen LogP contribution in [0.15, 0.2) is 65.8 Å². The van der Waals surface area contributed by atoms with Gasteiger partial charge in [-0.1, -0.05) is 29.8 Å². The van der Waals surface area contributed by atoms with E-state index in [9.17, 15) is 4.79 Å². The van der Waals surface area contributed by atoms with Crippen LogP contribution in [0.3, 0.4) is 0 Å². The van der Waals surface area contributed by atoms with Gasteiger partial charge in [0.25, 0.3) is 5.56 Å². The van der Waals surface area contributed by atoms with Crippen molar-refractivity contribution in [1.82, 2.24) is 19.4 Å². The Bertz CT molecular complexity index is 1350. The van der Waals surface area contributed by atoms with Crippen molar-refractivity contribution in [3.05, 3.63) is 82.0 Å². The van der Waals surface area contributed by atoms with Crippen LogP contribution in [-0.4, -0.2) is 52.3 Å².